The number of hydrogen-bond acceptors (Lipinski definition) is 3. The van der Waals surface area contributed by atoms with Crippen LogP contribution in [0.3, 0.4) is 0 Å². The number of anilines is 1. The van der Waals surface area contributed by atoms with Gasteiger partial charge in [-0.25, -0.2) is 9.18 Å². The van der Waals surface area contributed by atoms with Gasteiger partial charge in [-0.15, -0.1) is 0 Å². The first-order valence-electron chi connectivity index (χ1n) is 11.4. The lowest BCUT2D eigenvalue weighted by atomic mass is 9.75. The van der Waals surface area contributed by atoms with Gasteiger partial charge in [0.05, 0.1) is 0 Å². The van der Waals surface area contributed by atoms with E-state index in [1.165, 1.54) is 25.0 Å². The molecule has 0 saturated carbocycles. The van der Waals surface area contributed by atoms with E-state index in [0.29, 0.717) is 35.5 Å². The van der Waals surface area contributed by atoms with Gasteiger partial charge in [0.1, 0.15) is 5.82 Å². The van der Waals surface area contributed by atoms with Gasteiger partial charge in [-0.05, 0) is 68.2 Å². The molecule has 2 bridgehead atoms. The lowest BCUT2D eigenvalue weighted by Gasteiger charge is -2.54. The summed E-state index contributed by atoms with van der Waals surface area (Å²) in [5.74, 6) is 1.28. The van der Waals surface area contributed by atoms with Crippen LogP contribution in [0, 0.1) is 17.7 Å². The van der Waals surface area contributed by atoms with E-state index in [4.69, 9.17) is 0 Å². The normalized spacial score (nSPS) is 30.2. The fraction of sp³-hybridized carbons (Fsp3) is 0.652. The van der Waals surface area contributed by atoms with Crippen LogP contribution in [0.5, 0.6) is 0 Å². The number of benzene rings is 1. The summed E-state index contributed by atoms with van der Waals surface area (Å²) in [4.78, 5) is 31.6. The zero-order chi connectivity index (χ0) is 20.7. The van der Waals surface area contributed by atoms with Crippen LogP contribution in [0.1, 0.15) is 38.5 Å². The van der Waals surface area contributed by atoms with Crippen LogP contribution in [0.2, 0.25) is 0 Å². The molecule has 0 spiro atoms. The Bertz CT molecular complexity index is 793. The van der Waals surface area contributed by atoms with Gasteiger partial charge in [-0.1, -0.05) is 0 Å². The van der Waals surface area contributed by atoms with Crippen LogP contribution in [-0.2, 0) is 4.79 Å². The molecular weight excluding hydrogens is 383 g/mol. The lowest BCUT2D eigenvalue weighted by molar-refractivity contribution is -0.145. The van der Waals surface area contributed by atoms with Crippen LogP contribution in [0.25, 0.3) is 0 Å². The highest BCUT2D eigenvalue weighted by Gasteiger charge is 2.45. The molecule has 0 radical (unpaired) electrons. The van der Waals surface area contributed by atoms with E-state index in [0.717, 1.165) is 58.4 Å². The number of fused-ring (bicyclic) bond motifs is 4. The Labute approximate surface area is 177 Å². The van der Waals surface area contributed by atoms with Crippen LogP contribution in [0.4, 0.5) is 14.9 Å². The Hall–Kier alpha value is -2.15. The second-order valence-electron chi connectivity index (χ2n) is 9.48. The van der Waals surface area contributed by atoms with E-state index in [2.05, 4.69) is 15.1 Å². The molecule has 3 atom stereocenters. The largest absolute Gasteiger partial charge is 0.339 e. The molecule has 0 aliphatic carbocycles. The minimum Gasteiger partial charge on any atom is -0.339 e. The highest BCUT2D eigenvalue weighted by atomic mass is 19.1. The summed E-state index contributed by atoms with van der Waals surface area (Å²) in [7, 11) is 0. The van der Waals surface area contributed by atoms with Crippen molar-refractivity contribution in [3.63, 3.8) is 0 Å². The number of carbonyl (C=O) groups is 2. The summed E-state index contributed by atoms with van der Waals surface area (Å²) in [5.41, 5.74) is 0.624. The zero-order valence-electron chi connectivity index (χ0n) is 17.4. The van der Waals surface area contributed by atoms with Crippen molar-refractivity contribution < 1.29 is 14.0 Å². The average Bonchev–Trinajstić information content (AvgIpc) is 2.76. The van der Waals surface area contributed by atoms with Gasteiger partial charge < -0.3 is 15.1 Å². The number of carbonyl (C=O) groups excluding carboxylic acids is 2. The molecule has 1 N–H and O–H groups in total. The van der Waals surface area contributed by atoms with Gasteiger partial charge in [-0.3, -0.25) is 9.69 Å². The standard InChI is InChI=1S/C23H31FN4O2/c24-18-4-6-19(7-5-18)25-23(30)26-10-8-20(9-11-26)27-13-16-12-17(15-27)21-2-1-3-22(29)28(21)14-16/h4-7,16-17,20-21H,1-3,8-15H2,(H,25,30)/t16?,17?,21-/m1/s1. The number of piperidine rings is 4. The number of rotatable bonds is 2. The topological polar surface area (TPSA) is 55.9 Å². The molecule has 4 aliphatic rings. The van der Waals surface area contributed by atoms with Gasteiger partial charge in [-0.2, -0.15) is 0 Å². The van der Waals surface area contributed by atoms with Gasteiger partial charge in [0.15, 0.2) is 0 Å². The number of likely N-dealkylation sites (tertiary alicyclic amines) is 2. The molecule has 0 aromatic heterocycles. The monoisotopic (exact) mass is 414 g/mol. The van der Waals surface area contributed by atoms with Crippen molar-refractivity contribution in [1.82, 2.24) is 14.7 Å². The first-order chi connectivity index (χ1) is 14.6. The van der Waals surface area contributed by atoms with E-state index in [1.807, 2.05) is 4.90 Å². The Morgan fingerprint density at radius 3 is 2.57 bits per heavy atom. The molecule has 2 unspecified atom stereocenters. The molecule has 162 valence electrons. The number of hydrogen-bond donors (Lipinski definition) is 1. The molecule has 4 saturated heterocycles. The fourth-order valence-corrected chi connectivity index (χ4v) is 6.12. The highest BCUT2D eigenvalue weighted by molar-refractivity contribution is 5.89. The van der Waals surface area contributed by atoms with Crippen molar-refractivity contribution in [1.29, 1.82) is 0 Å². The number of amides is 3. The number of nitrogens with one attached hydrogen (secondary N) is 1. The second kappa shape index (κ2) is 8.17. The number of halogens is 1. The first kappa shape index (κ1) is 19.8. The highest BCUT2D eigenvalue weighted by Crippen LogP contribution is 2.39. The molecule has 1 aromatic rings. The Balaban J connectivity index is 1.15. The predicted octanol–water partition coefficient (Wildman–Crippen LogP) is 3.15. The van der Waals surface area contributed by atoms with Gasteiger partial charge in [0.25, 0.3) is 0 Å². The van der Waals surface area contributed by atoms with Crippen LogP contribution in [0.15, 0.2) is 24.3 Å². The second-order valence-corrected chi connectivity index (χ2v) is 9.48. The van der Waals surface area contributed by atoms with Crippen molar-refractivity contribution in [2.45, 2.75) is 50.6 Å². The first-order valence-corrected chi connectivity index (χ1v) is 11.4. The van der Waals surface area contributed by atoms with E-state index >= 15 is 0 Å². The summed E-state index contributed by atoms with van der Waals surface area (Å²) in [6.45, 7) is 4.61. The Morgan fingerprint density at radius 2 is 1.80 bits per heavy atom. The van der Waals surface area contributed by atoms with Crippen molar-refractivity contribution in [3.05, 3.63) is 30.1 Å². The number of urea groups is 1. The van der Waals surface area contributed by atoms with Gasteiger partial charge in [0, 0.05) is 56.9 Å². The molecule has 4 heterocycles. The molecule has 1 aromatic carbocycles. The van der Waals surface area contributed by atoms with Gasteiger partial charge >= 0.3 is 6.03 Å². The van der Waals surface area contributed by atoms with E-state index in [1.54, 1.807) is 12.1 Å². The fourth-order valence-electron chi connectivity index (χ4n) is 6.12. The minimum absolute atomic E-state index is 0.105. The zero-order valence-corrected chi connectivity index (χ0v) is 17.4. The molecular formula is C23H31FN4O2. The maximum absolute atomic E-state index is 13.0. The van der Waals surface area contributed by atoms with E-state index in [-0.39, 0.29) is 11.8 Å². The molecule has 3 amide bonds. The summed E-state index contributed by atoms with van der Waals surface area (Å²) < 4.78 is 13.0. The summed E-state index contributed by atoms with van der Waals surface area (Å²) >= 11 is 0. The minimum atomic E-state index is -0.305. The summed E-state index contributed by atoms with van der Waals surface area (Å²) in [5, 5.41) is 2.87. The molecule has 4 aliphatic heterocycles. The average molecular weight is 415 g/mol. The third-order valence-corrected chi connectivity index (χ3v) is 7.57. The van der Waals surface area contributed by atoms with Crippen molar-refractivity contribution in [3.8, 4) is 0 Å². The maximum atomic E-state index is 13.0. The predicted molar refractivity (Wildman–Crippen MR) is 113 cm³/mol. The molecule has 6 nitrogen and oxygen atoms in total. The maximum Gasteiger partial charge on any atom is 0.321 e. The van der Waals surface area contributed by atoms with Crippen molar-refractivity contribution >= 4 is 17.6 Å². The van der Waals surface area contributed by atoms with Crippen LogP contribution < -0.4 is 5.32 Å². The Morgan fingerprint density at radius 1 is 1.03 bits per heavy atom. The van der Waals surface area contributed by atoms with Crippen LogP contribution in [-0.4, -0.2) is 71.4 Å². The van der Waals surface area contributed by atoms with E-state index in [9.17, 15) is 14.0 Å². The third kappa shape index (κ3) is 3.92. The molecule has 30 heavy (non-hydrogen) atoms. The molecule has 5 rings (SSSR count). The van der Waals surface area contributed by atoms with Crippen molar-refractivity contribution in [2.75, 3.05) is 38.0 Å². The lowest BCUT2D eigenvalue weighted by Crippen LogP contribution is -2.62. The SMILES string of the molecule is O=C(Nc1ccc(F)cc1)N1CCC(N2CC3CC(C2)[C@H]2CCCC(=O)N2C3)CC1. The molecule has 7 heteroatoms. The third-order valence-electron chi connectivity index (χ3n) is 7.57. The summed E-state index contributed by atoms with van der Waals surface area (Å²) in [6, 6.07) is 6.76. The van der Waals surface area contributed by atoms with Crippen molar-refractivity contribution in [2.24, 2.45) is 11.8 Å². The Kier molecular flexibility index (Phi) is 5.39. The van der Waals surface area contributed by atoms with Gasteiger partial charge in [0.2, 0.25) is 5.91 Å². The summed E-state index contributed by atoms with van der Waals surface area (Å²) in [6.07, 6.45) is 6.19. The van der Waals surface area contributed by atoms with E-state index < -0.39 is 0 Å². The quantitative estimate of drug-likeness (QED) is 0.809. The smallest absolute Gasteiger partial charge is 0.321 e. The molecule has 4 fully saturated rings. The van der Waals surface area contributed by atoms with Crippen LogP contribution >= 0.6 is 0 Å². The number of nitrogens with zero attached hydrogens (tertiary/aromatic N) is 3.